The van der Waals surface area contributed by atoms with Gasteiger partial charge in [0.15, 0.2) is 5.78 Å². The minimum absolute atomic E-state index is 0.0966. The van der Waals surface area contributed by atoms with Crippen LogP contribution in [0.1, 0.15) is 40.5 Å². The van der Waals surface area contributed by atoms with Gasteiger partial charge < -0.3 is 5.73 Å². The zero-order valence-corrected chi connectivity index (χ0v) is 9.18. The van der Waals surface area contributed by atoms with Crippen molar-refractivity contribution in [2.45, 2.75) is 46.6 Å². The third kappa shape index (κ3) is 4.23. The van der Waals surface area contributed by atoms with Crippen LogP contribution >= 0.6 is 0 Å². The van der Waals surface area contributed by atoms with E-state index in [0.717, 1.165) is 12.0 Å². The van der Waals surface area contributed by atoms with Gasteiger partial charge in [0.1, 0.15) is 0 Å². The summed E-state index contributed by atoms with van der Waals surface area (Å²) in [4.78, 5) is 11.6. The summed E-state index contributed by atoms with van der Waals surface area (Å²) in [6.45, 7) is 11.7. The van der Waals surface area contributed by atoms with Crippen LogP contribution < -0.4 is 5.73 Å². The van der Waals surface area contributed by atoms with Gasteiger partial charge in [0, 0.05) is 6.42 Å². The Morgan fingerprint density at radius 2 is 1.92 bits per heavy atom. The number of allylic oxidation sites excluding steroid dienone is 1. The molecular weight excluding hydrogens is 162 g/mol. The Balaban J connectivity index is 4.20. The van der Waals surface area contributed by atoms with Crippen molar-refractivity contribution in [1.29, 1.82) is 0 Å². The van der Waals surface area contributed by atoms with Crippen LogP contribution in [0.2, 0.25) is 0 Å². The molecule has 0 radical (unpaired) electrons. The van der Waals surface area contributed by atoms with E-state index in [1.165, 1.54) is 0 Å². The summed E-state index contributed by atoms with van der Waals surface area (Å²) in [6, 6.07) is -0.379. The minimum Gasteiger partial charge on any atom is -0.321 e. The highest BCUT2D eigenvalue weighted by Gasteiger charge is 2.26. The Morgan fingerprint density at radius 1 is 1.46 bits per heavy atom. The maximum Gasteiger partial charge on any atom is 0.154 e. The van der Waals surface area contributed by atoms with Crippen LogP contribution in [0.4, 0.5) is 0 Å². The fourth-order valence-corrected chi connectivity index (χ4v) is 0.964. The number of ketones is 1. The Morgan fingerprint density at radius 3 is 2.23 bits per heavy atom. The first-order valence-corrected chi connectivity index (χ1v) is 4.74. The zero-order chi connectivity index (χ0) is 10.6. The van der Waals surface area contributed by atoms with Gasteiger partial charge >= 0.3 is 0 Å². The van der Waals surface area contributed by atoms with Gasteiger partial charge in [0.2, 0.25) is 0 Å². The topological polar surface area (TPSA) is 43.1 Å². The molecule has 2 N–H and O–H groups in total. The molecule has 0 aliphatic heterocycles. The maximum atomic E-state index is 11.6. The number of hydrogen-bond donors (Lipinski definition) is 1. The highest BCUT2D eigenvalue weighted by Crippen LogP contribution is 2.20. The normalized spacial score (nSPS) is 13.9. The van der Waals surface area contributed by atoms with Gasteiger partial charge in [-0.05, 0) is 11.8 Å². The molecule has 1 atom stereocenters. The van der Waals surface area contributed by atoms with Crippen LogP contribution in [0.3, 0.4) is 0 Å². The van der Waals surface area contributed by atoms with E-state index < -0.39 is 0 Å². The molecule has 0 bridgehead atoms. The third-order valence-electron chi connectivity index (χ3n) is 2.20. The fraction of sp³-hybridized carbons (Fsp3) is 0.727. The average Bonchev–Trinajstić information content (AvgIpc) is 2.01. The van der Waals surface area contributed by atoms with Crippen molar-refractivity contribution in [3.63, 3.8) is 0 Å². The number of hydrogen-bond acceptors (Lipinski definition) is 2. The van der Waals surface area contributed by atoms with Crippen molar-refractivity contribution in [3.05, 3.63) is 12.2 Å². The molecule has 2 nitrogen and oxygen atoms in total. The van der Waals surface area contributed by atoms with Crippen molar-refractivity contribution >= 4 is 5.78 Å². The lowest BCUT2D eigenvalue weighted by atomic mass is 9.83. The lowest BCUT2D eigenvalue weighted by Crippen LogP contribution is -2.42. The molecular formula is C11H21NO. The summed E-state index contributed by atoms with van der Waals surface area (Å²) in [7, 11) is 0. The molecule has 76 valence electrons. The SMILES string of the molecule is C=C(CC)CC(=O)C(N)C(C)(C)C. The largest absolute Gasteiger partial charge is 0.321 e. The van der Waals surface area contributed by atoms with E-state index >= 15 is 0 Å². The van der Waals surface area contributed by atoms with Crippen molar-refractivity contribution in [2.24, 2.45) is 11.1 Å². The standard InChI is InChI=1S/C11H21NO/c1-6-8(2)7-9(13)10(12)11(3,4)5/h10H,2,6-7,12H2,1,3-5H3. The summed E-state index contributed by atoms with van der Waals surface area (Å²) in [5.74, 6) is 0.0966. The predicted molar refractivity (Wildman–Crippen MR) is 56.5 cm³/mol. The smallest absolute Gasteiger partial charge is 0.154 e. The summed E-state index contributed by atoms with van der Waals surface area (Å²) >= 11 is 0. The van der Waals surface area contributed by atoms with Gasteiger partial charge in [0.25, 0.3) is 0 Å². The maximum absolute atomic E-state index is 11.6. The average molecular weight is 183 g/mol. The molecule has 0 aliphatic rings. The number of carbonyl (C=O) groups excluding carboxylic acids is 1. The summed E-state index contributed by atoms with van der Waals surface area (Å²) < 4.78 is 0. The first-order chi connectivity index (χ1) is 5.79. The monoisotopic (exact) mass is 183 g/mol. The predicted octanol–water partition coefficient (Wildman–Crippen LogP) is 2.29. The molecule has 0 fully saturated rings. The van der Waals surface area contributed by atoms with E-state index in [4.69, 9.17) is 5.73 Å². The van der Waals surface area contributed by atoms with E-state index in [0.29, 0.717) is 6.42 Å². The molecule has 0 aliphatic carbocycles. The molecule has 2 heteroatoms. The van der Waals surface area contributed by atoms with E-state index in [-0.39, 0.29) is 17.2 Å². The van der Waals surface area contributed by atoms with Gasteiger partial charge in [0.05, 0.1) is 6.04 Å². The summed E-state index contributed by atoms with van der Waals surface area (Å²) in [5, 5.41) is 0. The first kappa shape index (κ1) is 12.4. The van der Waals surface area contributed by atoms with Crippen molar-refractivity contribution < 1.29 is 4.79 Å². The quantitative estimate of drug-likeness (QED) is 0.679. The molecule has 0 heterocycles. The van der Waals surface area contributed by atoms with E-state index in [1.807, 2.05) is 27.7 Å². The molecule has 0 aromatic heterocycles. The van der Waals surface area contributed by atoms with Crippen LogP contribution in [-0.2, 0) is 4.79 Å². The van der Waals surface area contributed by atoms with Crippen LogP contribution in [0.5, 0.6) is 0 Å². The number of carbonyl (C=O) groups is 1. The Kier molecular flexibility index (Phi) is 4.34. The highest BCUT2D eigenvalue weighted by molar-refractivity contribution is 5.86. The second-order valence-corrected chi connectivity index (χ2v) is 4.59. The Bertz CT molecular complexity index is 201. The van der Waals surface area contributed by atoms with Gasteiger partial charge in [-0.1, -0.05) is 39.8 Å². The second-order valence-electron chi connectivity index (χ2n) is 4.59. The molecule has 0 saturated heterocycles. The van der Waals surface area contributed by atoms with E-state index in [2.05, 4.69) is 6.58 Å². The van der Waals surface area contributed by atoms with E-state index in [9.17, 15) is 4.79 Å². The van der Waals surface area contributed by atoms with Crippen molar-refractivity contribution in [3.8, 4) is 0 Å². The van der Waals surface area contributed by atoms with Crippen molar-refractivity contribution in [2.75, 3.05) is 0 Å². The second kappa shape index (κ2) is 4.56. The summed E-state index contributed by atoms with van der Waals surface area (Å²) in [6.07, 6.45) is 1.28. The molecule has 0 saturated carbocycles. The molecule has 0 rings (SSSR count). The number of Topliss-reactive ketones (excluding diaryl/α,β-unsaturated/α-hetero) is 1. The lowest BCUT2D eigenvalue weighted by molar-refractivity contribution is -0.121. The zero-order valence-electron chi connectivity index (χ0n) is 9.18. The van der Waals surface area contributed by atoms with E-state index in [1.54, 1.807) is 0 Å². The van der Waals surface area contributed by atoms with Gasteiger partial charge in [-0.2, -0.15) is 0 Å². The molecule has 0 spiro atoms. The molecule has 0 aromatic carbocycles. The number of rotatable bonds is 4. The molecule has 0 amide bonds. The molecule has 1 unspecified atom stereocenters. The fourth-order valence-electron chi connectivity index (χ4n) is 0.964. The van der Waals surface area contributed by atoms with Crippen molar-refractivity contribution in [1.82, 2.24) is 0 Å². The minimum atomic E-state index is -0.379. The van der Waals surface area contributed by atoms with Crippen LogP contribution in [-0.4, -0.2) is 11.8 Å². The third-order valence-corrected chi connectivity index (χ3v) is 2.20. The van der Waals surface area contributed by atoms with Gasteiger partial charge in [-0.15, -0.1) is 0 Å². The summed E-state index contributed by atoms with van der Waals surface area (Å²) in [5.41, 5.74) is 6.62. The highest BCUT2D eigenvalue weighted by atomic mass is 16.1. The Labute approximate surface area is 81.2 Å². The molecule has 0 aromatic rings. The van der Waals surface area contributed by atoms with Crippen LogP contribution in [0.25, 0.3) is 0 Å². The Hall–Kier alpha value is -0.630. The lowest BCUT2D eigenvalue weighted by Gasteiger charge is -2.25. The number of nitrogens with two attached hydrogens (primary N) is 1. The molecule has 13 heavy (non-hydrogen) atoms. The van der Waals surface area contributed by atoms with Gasteiger partial charge in [-0.25, -0.2) is 0 Å². The van der Waals surface area contributed by atoms with Crippen LogP contribution in [0, 0.1) is 5.41 Å². The first-order valence-electron chi connectivity index (χ1n) is 4.74. The van der Waals surface area contributed by atoms with Crippen LogP contribution in [0.15, 0.2) is 12.2 Å². The van der Waals surface area contributed by atoms with Gasteiger partial charge in [-0.3, -0.25) is 4.79 Å².